The molecule has 0 amide bonds. The van der Waals surface area contributed by atoms with Gasteiger partial charge in [-0.05, 0) is 42.0 Å². The highest BCUT2D eigenvalue weighted by Gasteiger charge is 2.09. The molecule has 0 saturated carbocycles. The lowest BCUT2D eigenvalue weighted by Crippen LogP contribution is -1.98. The highest BCUT2D eigenvalue weighted by atomic mass is 32.2. The molecule has 4 rings (SSSR count). The van der Waals surface area contributed by atoms with E-state index >= 15 is 0 Å². The molecule has 2 aromatic carbocycles. The van der Waals surface area contributed by atoms with Gasteiger partial charge in [-0.25, -0.2) is 13.1 Å². The smallest absolute Gasteiger partial charge is 0.175 e. The molecule has 124 valence electrons. The summed E-state index contributed by atoms with van der Waals surface area (Å²) in [6.45, 7) is 0. The summed E-state index contributed by atoms with van der Waals surface area (Å²) in [5.74, 6) is 0. The molecule has 0 N–H and O–H groups in total. The Morgan fingerprint density at radius 1 is 0.960 bits per heavy atom. The highest BCUT2D eigenvalue weighted by molar-refractivity contribution is 7.90. The van der Waals surface area contributed by atoms with E-state index in [2.05, 4.69) is 10.1 Å². The Morgan fingerprint density at radius 2 is 1.72 bits per heavy atom. The first-order chi connectivity index (χ1) is 12.0. The maximum Gasteiger partial charge on any atom is 0.175 e. The Hall–Kier alpha value is -2.99. The van der Waals surface area contributed by atoms with E-state index in [4.69, 9.17) is 0 Å². The molecule has 0 aliphatic rings. The molecule has 4 aromatic rings. The lowest BCUT2D eigenvalue weighted by molar-refractivity contribution is 0.602. The zero-order chi connectivity index (χ0) is 17.4. The molecule has 0 fully saturated rings. The minimum absolute atomic E-state index is 0.295. The number of benzene rings is 2. The average molecular weight is 349 g/mol. The first-order valence-electron chi connectivity index (χ1n) is 7.72. The lowest BCUT2D eigenvalue weighted by Gasteiger charge is -2.04. The summed E-state index contributed by atoms with van der Waals surface area (Å²) in [4.78, 5) is 4.68. The van der Waals surface area contributed by atoms with Crippen molar-refractivity contribution < 1.29 is 8.42 Å². The summed E-state index contributed by atoms with van der Waals surface area (Å²) in [6.07, 6.45) is 6.71. The molecule has 2 aromatic heterocycles. The summed E-state index contributed by atoms with van der Waals surface area (Å²) in [5, 5.41) is 5.47. The molecule has 0 aliphatic carbocycles. The molecule has 0 unspecified atom stereocenters. The number of sulfone groups is 1. The quantitative estimate of drug-likeness (QED) is 0.568. The minimum Gasteiger partial charge on any atom is -0.256 e. The van der Waals surface area contributed by atoms with Gasteiger partial charge in [0.05, 0.1) is 22.3 Å². The molecular formula is C19H15N3O2S. The molecule has 25 heavy (non-hydrogen) atoms. The van der Waals surface area contributed by atoms with E-state index in [1.807, 2.05) is 36.5 Å². The molecule has 6 heteroatoms. The molecular weight excluding hydrogens is 334 g/mol. The van der Waals surface area contributed by atoms with Crippen molar-refractivity contribution in [2.75, 3.05) is 6.26 Å². The predicted octanol–water partition coefficient (Wildman–Crippen LogP) is 3.49. The highest BCUT2D eigenvalue weighted by Crippen LogP contribution is 2.27. The van der Waals surface area contributed by atoms with Crippen LogP contribution in [-0.2, 0) is 9.84 Å². The van der Waals surface area contributed by atoms with Gasteiger partial charge in [0.15, 0.2) is 9.84 Å². The van der Waals surface area contributed by atoms with Crippen LogP contribution in [0.25, 0.3) is 27.7 Å². The fourth-order valence-corrected chi connectivity index (χ4v) is 3.43. The van der Waals surface area contributed by atoms with E-state index in [9.17, 15) is 8.42 Å². The van der Waals surface area contributed by atoms with E-state index in [1.165, 1.54) is 6.26 Å². The number of pyridine rings is 1. The number of fused-ring (bicyclic) bond motifs is 1. The SMILES string of the molecule is CS(=O)(=O)c1ccc(-n2cc(-c3ccnc4ccccc34)cn2)cc1. The Kier molecular flexibility index (Phi) is 3.62. The van der Waals surface area contributed by atoms with Crippen LogP contribution in [0.4, 0.5) is 0 Å². The summed E-state index contributed by atoms with van der Waals surface area (Å²) >= 11 is 0. The van der Waals surface area contributed by atoms with Crippen LogP contribution >= 0.6 is 0 Å². The minimum atomic E-state index is -3.20. The third kappa shape index (κ3) is 2.92. The Balaban J connectivity index is 1.75. The van der Waals surface area contributed by atoms with Gasteiger partial charge < -0.3 is 0 Å². The van der Waals surface area contributed by atoms with Gasteiger partial charge in [0.1, 0.15) is 0 Å². The second kappa shape index (κ2) is 5.82. The van der Waals surface area contributed by atoms with Crippen molar-refractivity contribution in [1.29, 1.82) is 0 Å². The Morgan fingerprint density at radius 3 is 2.48 bits per heavy atom. The fraction of sp³-hybridized carbons (Fsp3) is 0.0526. The van der Waals surface area contributed by atoms with Gasteiger partial charge in [-0.15, -0.1) is 0 Å². The predicted molar refractivity (Wildman–Crippen MR) is 97.4 cm³/mol. The molecule has 2 heterocycles. The third-order valence-corrected chi connectivity index (χ3v) is 5.20. The Bertz CT molecular complexity index is 1160. The maximum atomic E-state index is 11.6. The van der Waals surface area contributed by atoms with Crippen LogP contribution in [-0.4, -0.2) is 29.4 Å². The molecule has 0 radical (unpaired) electrons. The summed E-state index contributed by atoms with van der Waals surface area (Å²) in [7, 11) is -3.20. The maximum absolute atomic E-state index is 11.6. The van der Waals surface area contributed by atoms with Crippen molar-refractivity contribution in [1.82, 2.24) is 14.8 Å². The molecule has 5 nitrogen and oxygen atoms in total. The summed E-state index contributed by atoms with van der Waals surface area (Å²) in [6, 6.07) is 16.6. The second-order valence-electron chi connectivity index (χ2n) is 5.82. The first kappa shape index (κ1) is 15.5. The zero-order valence-electron chi connectivity index (χ0n) is 13.5. The van der Waals surface area contributed by atoms with Crippen LogP contribution in [0.5, 0.6) is 0 Å². The van der Waals surface area contributed by atoms with Crippen LogP contribution < -0.4 is 0 Å². The van der Waals surface area contributed by atoms with Crippen LogP contribution in [0.3, 0.4) is 0 Å². The average Bonchev–Trinajstić information content (AvgIpc) is 3.10. The van der Waals surface area contributed by atoms with Crippen molar-refractivity contribution in [3.63, 3.8) is 0 Å². The molecule has 0 atom stereocenters. The molecule has 0 saturated heterocycles. The normalized spacial score (nSPS) is 11.7. The van der Waals surface area contributed by atoms with Gasteiger partial charge >= 0.3 is 0 Å². The van der Waals surface area contributed by atoms with E-state index < -0.39 is 9.84 Å². The second-order valence-corrected chi connectivity index (χ2v) is 7.83. The zero-order valence-corrected chi connectivity index (χ0v) is 14.3. The number of para-hydroxylation sites is 1. The van der Waals surface area contributed by atoms with Crippen molar-refractivity contribution in [3.05, 3.63) is 73.2 Å². The first-order valence-corrected chi connectivity index (χ1v) is 9.61. The third-order valence-electron chi connectivity index (χ3n) is 4.07. The van der Waals surface area contributed by atoms with Crippen molar-refractivity contribution in [3.8, 4) is 16.8 Å². The van der Waals surface area contributed by atoms with Crippen molar-refractivity contribution >= 4 is 20.7 Å². The number of hydrogen-bond acceptors (Lipinski definition) is 4. The largest absolute Gasteiger partial charge is 0.256 e. The summed E-state index contributed by atoms with van der Waals surface area (Å²) in [5.41, 5.74) is 3.78. The molecule has 0 bridgehead atoms. The Labute approximate surface area is 145 Å². The van der Waals surface area contributed by atoms with Crippen LogP contribution in [0.1, 0.15) is 0 Å². The van der Waals surface area contributed by atoms with Gasteiger partial charge in [0.25, 0.3) is 0 Å². The van der Waals surface area contributed by atoms with E-state index in [-0.39, 0.29) is 0 Å². The van der Waals surface area contributed by atoms with Crippen molar-refractivity contribution in [2.45, 2.75) is 4.90 Å². The molecule has 0 aliphatic heterocycles. The monoisotopic (exact) mass is 349 g/mol. The van der Waals surface area contributed by atoms with Gasteiger partial charge in [-0.1, -0.05) is 18.2 Å². The lowest BCUT2D eigenvalue weighted by atomic mass is 10.0. The topological polar surface area (TPSA) is 64.8 Å². The van der Waals surface area contributed by atoms with Crippen LogP contribution in [0.2, 0.25) is 0 Å². The van der Waals surface area contributed by atoms with Gasteiger partial charge in [-0.3, -0.25) is 4.98 Å². The number of hydrogen-bond donors (Lipinski definition) is 0. The van der Waals surface area contributed by atoms with Gasteiger partial charge in [0.2, 0.25) is 0 Å². The van der Waals surface area contributed by atoms with Gasteiger partial charge in [0, 0.05) is 29.6 Å². The number of rotatable bonds is 3. The van der Waals surface area contributed by atoms with E-state index in [0.717, 1.165) is 27.7 Å². The standard InChI is InChI=1S/C19H15N3O2S/c1-25(23,24)16-8-6-15(7-9-16)22-13-14(12-21-22)17-10-11-20-19-5-3-2-4-18(17)19/h2-13H,1H3. The summed E-state index contributed by atoms with van der Waals surface area (Å²) < 4.78 is 24.9. The van der Waals surface area contributed by atoms with Crippen LogP contribution in [0.15, 0.2) is 78.1 Å². The van der Waals surface area contributed by atoms with Gasteiger partial charge in [-0.2, -0.15) is 5.10 Å². The molecule has 0 spiro atoms. The van der Waals surface area contributed by atoms with E-state index in [0.29, 0.717) is 4.90 Å². The van der Waals surface area contributed by atoms with Crippen molar-refractivity contribution in [2.24, 2.45) is 0 Å². The number of aromatic nitrogens is 3. The number of nitrogens with zero attached hydrogens (tertiary/aromatic N) is 3. The van der Waals surface area contributed by atoms with Crippen LogP contribution in [0, 0.1) is 0 Å². The fourth-order valence-electron chi connectivity index (χ4n) is 2.80. The van der Waals surface area contributed by atoms with E-state index in [1.54, 1.807) is 41.3 Å².